The van der Waals surface area contributed by atoms with Crippen LogP contribution in [0.2, 0.25) is 0 Å². The molecular weight excluding hydrogens is 444 g/mol. The monoisotopic (exact) mass is 482 g/mol. The average molecular weight is 483 g/mol. The van der Waals surface area contributed by atoms with Crippen molar-refractivity contribution in [2.24, 2.45) is 23.7 Å². The van der Waals surface area contributed by atoms with Crippen molar-refractivity contribution in [3.8, 4) is 0 Å². The Balaban J connectivity index is 1.43. The fourth-order valence-electron chi connectivity index (χ4n) is 7.12. The molecule has 4 aliphatic rings. The van der Waals surface area contributed by atoms with Gasteiger partial charge in [0.2, 0.25) is 0 Å². The van der Waals surface area contributed by atoms with Crippen molar-refractivity contribution >= 4 is 18.0 Å². The van der Waals surface area contributed by atoms with E-state index in [0.29, 0.717) is 25.4 Å². The van der Waals surface area contributed by atoms with E-state index < -0.39 is 23.4 Å². The van der Waals surface area contributed by atoms with Gasteiger partial charge in [-0.25, -0.2) is 9.59 Å². The van der Waals surface area contributed by atoms with Crippen molar-refractivity contribution in [3.05, 3.63) is 42.0 Å². The Bertz CT molecular complexity index is 967. The first-order valence-corrected chi connectivity index (χ1v) is 13.2. The molecular formula is C29H38O6. The second kappa shape index (κ2) is 9.36. The van der Waals surface area contributed by atoms with Crippen LogP contribution >= 0.6 is 0 Å². The zero-order valence-electron chi connectivity index (χ0n) is 21.3. The van der Waals surface area contributed by atoms with Gasteiger partial charge in [-0.3, -0.25) is 0 Å². The molecule has 6 nitrogen and oxygen atoms in total. The maximum absolute atomic E-state index is 13.1. The zero-order chi connectivity index (χ0) is 24.8. The summed E-state index contributed by atoms with van der Waals surface area (Å²) in [5.74, 6) is 0.152. The summed E-state index contributed by atoms with van der Waals surface area (Å²) >= 11 is 0. The van der Waals surface area contributed by atoms with E-state index in [-0.39, 0.29) is 35.8 Å². The molecule has 1 saturated carbocycles. The summed E-state index contributed by atoms with van der Waals surface area (Å²) in [4.78, 5) is 26.0. The molecule has 35 heavy (non-hydrogen) atoms. The van der Waals surface area contributed by atoms with Crippen LogP contribution in [-0.4, -0.2) is 48.1 Å². The summed E-state index contributed by atoms with van der Waals surface area (Å²) in [7, 11) is 0. The zero-order valence-corrected chi connectivity index (χ0v) is 21.3. The van der Waals surface area contributed by atoms with Crippen LogP contribution in [0.5, 0.6) is 0 Å². The molecule has 0 aromatic heterocycles. The summed E-state index contributed by atoms with van der Waals surface area (Å²) in [6, 6.07) is 9.73. The van der Waals surface area contributed by atoms with E-state index >= 15 is 0 Å². The second-order valence-electron chi connectivity index (χ2n) is 11.4. The van der Waals surface area contributed by atoms with E-state index in [1.165, 1.54) is 6.08 Å². The van der Waals surface area contributed by atoms with E-state index in [1.807, 2.05) is 30.3 Å². The standard InChI is InChI=1S/C29H38O6/c1-18(2)29-17-23(33-27(31)22-11-8-16-32-22)28(4,35-29)21-14-12-19(3)25(21)26(29)34-24(30)15-13-20-9-6-5-7-10-20/h5-7,9-10,13,15,18-19,21-23,25-26H,8,11-12,14,16-17H2,1-4H3/b15-13+/t19?,21?,22?,23?,25-,26?,28?,29?/m1/s1. The second-order valence-corrected chi connectivity index (χ2v) is 11.4. The highest BCUT2D eigenvalue weighted by Gasteiger charge is 2.72. The topological polar surface area (TPSA) is 71.1 Å². The van der Waals surface area contributed by atoms with Gasteiger partial charge in [0, 0.05) is 25.0 Å². The molecule has 190 valence electrons. The Hall–Kier alpha value is -2.18. The predicted molar refractivity (Wildman–Crippen MR) is 131 cm³/mol. The lowest BCUT2D eigenvalue weighted by atomic mass is 9.69. The van der Waals surface area contributed by atoms with Gasteiger partial charge in [0.25, 0.3) is 0 Å². The molecule has 1 aromatic carbocycles. The SMILES string of the molecule is CC1CCC2[C@@H]1C(OC(=O)/C=C/c1ccccc1)C1(C(C)C)CC(OC(=O)C3CCCO3)C2(C)O1. The van der Waals surface area contributed by atoms with Gasteiger partial charge < -0.3 is 18.9 Å². The van der Waals surface area contributed by atoms with Crippen LogP contribution in [0, 0.1) is 23.7 Å². The molecule has 8 atom stereocenters. The Morgan fingerprint density at radius 3 is 2.57 bits per heavy atom. The molecule has 4 fully saturated rings. The van der Waals surface area contributed by atoms with Gasteiger partial charge in [0.15, 0.2) is 6.10 Å². The third-order valence-electron chi connectivity index (χ3n) is 9.06. The van der Waals surface area contributed by atoms with Crippen molar-refractivity contribution in [3.63, 3.8) is 0 Å². The molecule has 5 rings (SSSR count). The van der Waals surface area contributed by atoms with Gasteiger partial charge >= 0.3 is 11.9 Å². The molecule has 1 aliphatic carbocycles. The lowest BCUT2D eigenvalue weighted by molar-refractivity contribution is -0.265. The molecule has 1 aromatic rings. The van der Waals surface area contributed by atoms with Gasteiger partial charge in [-0.2, -0.15) is 0 Å². The number of esters is 2. The first-order valence-electron chi connectivity index (χ1n) is 13.2. The molecule has 3 heterocycles. The predicted octanol–water partition coefficient (Wildman–Crippen LogP) is 4.95. The molecule has 6 heteroatoms. The average Bonchev–Trinajstić information content (AvgIpc) is 3.56. The Morgan fingerprint density at radius 2 is 1.89 bits per heavy atom. The lowest BCUT2D eigenvalue weighted by Crippen LogP contribution is -2.62. The Labute approximate surface area is 208 Å². The van der Waals surface area contributed by atoms with Gasteiger partial charge in [0.05, 0.1) is 0 Å². The van der Waals surface area contributed by atoms with Crippen molar-refractivity contribution in [1.29, 1.82) is 0 Å². The summed E-state index contributed by atoms with van der Waals surface area (Å²) < 4.78 is 24.9. The molecule has 0 spiro atoms. The van der Waals surface area contributed by atoms with E-state index in [0.717, 1.165) is 24.8 Å². The van der Waals surface area contributed by atoms with E-state index in [4.69, 9.17) is 18.9 Å². The van der Waals surface area contributed by atoms with Crippen molar-refractivity contribution in [2.45, 2.75) is 89.3 Å². The Kier molecular flexibility index (Phi) is 6.56. The van der Waals surface area contributed by atoms with Crippen molar-refractivity contribution in [2.75, 3.05) is 6.61 Å². The van der Waals surface area contributed by atoms with Gasteiger partial charge in [0.1, 0.15) is 23.4 Å². The van der Waals surface area contributed by atoms with Crippen LogP contribution in [0.15, 0.2) is 36.4 Å². The molecule has 3 saturated heterocycles. The number of carbonyl (C=O) groups excluding carboxylic acids is 2. The van der Waals surface area contributed by atoms with Crippen LogP contribution in [0.25, 0.3) is 6.08 Å². The summed E-state index contributed by atoms with van der Waals surface area (Å²) in [6.07, 6.45) is 6.16. The van der Waals surface area contributed by atoms with Crippen LogP contribution in [0.4, 0.5) is 0 Å². The fraction of sp³-hybridized carbons (Fsp3) is 0.655. The normalized spacial score (nSPS) is 40.3. The highest BCUT2D eigenvalue weighted by molar-refractivity contribution is 5.87. The first kappa shape index (κ1) is 24.5. The molecule has 2 bridgehead atoms. The smallest absolute Gasteiger partial charge is 0.335 e. The maximum Gasteiger partial charge on any atom is 0.335 e. The number of hydrogen-bond acceptors (Lipinski definition) is 6. The van der Waals surface area contributed by atoms with Gasteiger partial charge in [-0.1, -0.05) is 51.1 Å². The van der Waals surface area contributed by atoms with Crippen molar-refractivity contribution in [1.82, 2.24) is 0 Å². The third-order valence-corrected chi connectivity index (χ3v) is 9.06. The summed E-state index contributed by atoms with van der Waals surface area (Å²) in [5.41, 5.74) is -0.354. The summed E-state index contributed by atoms with van der Waals surface area (Å²) in [6.45, 7) is 9.19. The quantitative estimate of drug-likeness (QED) is 0.422. The number of carbonyl (C=O) groups is 2. The first-order chi connectivity index (χ1) is 16.7. The number of hydrogen-bond donors (Lipinski definition) is 0. The van der Waals surface area contributed by atoms with Gasteiger partial charge in [-0.15, -0.1) is 0 Å². The molecule has 0 amide bonds. The minimum absolute atomic E-state index is 0.0814. The largest absolute Gasteiger partial charge is 0.457 e. The molecule has 0 radical (unpaired) electrons. The summed E-state index contributed by atoms with van der Waals surface area (Å²) in [5, 5.41) is 0. The van der Waals surface area contributed by atoms with Crippen molar-refractivity contribution < 1.29 is 28.5 Å². The molecule has 7 unspecified atom stereocenters. The number of rotatable bonds is 6. The maximum atomic E-state index is 13.1. The molecule has 3 aliphatic heterocycles. The van der Waals surface area contributed by atoms with Crippen LogP contribution in [0.3, 0.4) is 0 Å². The lowest BCUT2D eigenvalue weighted by Gasteiger charge is -2.52. The van der Waals surface area contributed by atoms with E-state index in [9.17, 15) is 9.59 Å². The molecule has 0 N–H and O–H groups in total. The van der Waals surface area contributed by atoms with E-state index in [1.54, 1.807) is 6.08 Å². The minimum atomic E-state index is -0.702. The van der Waals surface area contributed by atoms with Crippen LogP contribution < -0.4 is 0 Å². The highest BCUT2D eigenvalue weighted by Crippen LogP contribution is 2.63. The number of benzene rings is 1. The van der Waals surface area contributed by atoms with Crippen LogP contribution in [0.1, 0.15) is 65.4 Å². The minimum Gasteiger partial charge on any atom is -0.457 e. The van der Waals surface area contributed by atoms with Crippen LogP contribution in [-0.2, 0) is 28.5 Å². The number of ether oxygens (including phenoxy) is 4. The third kappa shape index (κ3) is 4.23. The fourth-order valence-corrected chi connectivity index (χ4v) is 7.12. The highest BCUT2D eigenvalue weighted by atomic mass is 16.6. The van der Waals surface area contributed by atoms with E-state index in [2.05, 4.69) is 27.7 Å². The Morgan fingerprint density at radius 1 is 1.11 bits per heavy atom. The van der Waals surface area contributed by atoms with Gasteiger partial charge in [-0.05, 0) is 62.0 Å². The number of fused-ring (bicyclic) bond motifs is 4.